The maximum absolute atomic E-state index is 14.0. The highest BCUT2D eigenvalue weighted by Crippen LogP contribution is 2.42. The lowest BCUT2D eigenvalue weighted by Crippen LogP contribution is -2.32. The summed E-state index contributed by atoms with van der Waals surface area (Å²) in [5.41, 5.74) is 8.89. The Morgan fingerprint density at radius 1 is 1.00 bits per heavy atom. The van der Waals surface area contributed by atoms with E-state index in [4.69, 9.17) is 4.74 Å². The minimum Gasteiger partial charge on any atom is -0.496 e. The van der Waals surface area contributed by atoms with Crippen LogP contribution in [0.3, 0.4) is 0 Å². The van der Waals surface area contributed by atoms with Crippen molar-refractivity contribution in [3.05, 3.63) is 83.2 Å². The van der Waals surface area contributed by atoms with Crippen LogP contribution in [0.25, 0.3) is 16.7 Å². The summed E-state index contributed by atoms with van der Waals surface area (Å²) in [6, 6.07) is 17.6. The molecular formula is C30H35FN2O. The fourth-order valence-corrected chi connectivity index (χ4v) is 4.81. The van der Waals surface area contributed by atoms with Gasteiger partial charge in [-0.1, -0.05) is 45.0 Å². The molecule has 0 radical (unpaired) electrons. The standard InChI is InChI=1S/C30H35FN2O/c1-19-17-30(5,6)33-26-14-13-23(24-12-11-21(31)16-27(24)34-7)25(28(19)26)18-32-22-10-8-9-20(15-22)29(2,3)4/h8-17,32-33H,18H2,1-7H3. The van der Waals surface area contributed by atoms with Crippen molar-refractivity contribution in [3.63, 3.8) is 0 Å². The van der Waals surface area contributed by atoms with Crippen molar-refractivity contribution in [1.82, 2.24) is 0 Å². The summed E-state index contributed by atoms with van der Waals surface area (Å²) in [6.45, 7) is 13.8. The first-order valence-electron chi connectivity index (χ1n) is 11.8. The van der Waals surface area contributed by atoms with Crippen LogP contribution in [0.5, 0.6) is 5.75 Å². The minimum absolute atomic E-state index is 0.0745. The molecule has 0 saturated carbocycles. The Labute approximate surface area is 203 Å². The Morgan fingerprint density at radius 2 is 1.74 bits per heavy atom. The molecule has 0 aromatic heterocycles. The topological polar surface area (TPSA) is 33.3 Å². The number of fused-ring (bicyclic) bond motifs is 1. The number of ether oxygens (including phenoxy) is 1. The first kappa shape index (κ1) is 23.9. The summed E-state index contributed by atoms with van der Waals surface area (Å²) in [4.78, 5) is 0. The Bertz CT molecular complexity index is 1250. The first-order valence-corrected chi connectivity index (χ1v) is 11.8. The third-order valence-electron chi connectivity index (χ3n) is 6.39. The zero-order valence-corrected chi connectivity index (χ0v) is 21.3. The second kappa shape index (κ2) is 8.83. The van der Waals surface area contributed by atoms with Gasteiger partial charge in [0.2, 0.25) is 0 Å². The molecule has 4 heteroatoms. The molecule has 1 aliphatic heterocycles. The molecule has 0 spiro atoms. The largest absolute Gasteiger partial charge is 0.496 e. The second-order valence-electron chi connectivity index (χ2n) is 10.7. The average molecular weight is 459 g/mol. The van der Waals surface area contributed by atoms with Gasteiger partial charge in [0.05, 0.1) is 12.6 Å². The molecule has 0 fully saturated rings. The summed E-state index contributed by atoms with van der Waals surface area (Å²) in [7, 11) is 1.59. The number of anilines is 2. The van der Waals surface area contributed by atoms with Gasteiger partial charge < -0.3 is 15.4 Å². The zero-order chi connectivity index (χ0) is 24.7. The number of benzene rings is 3. The van der Waals surface area contributed by atoms with Crippen LogP contribution in [0.4, 0.5) is 15.8 Å². The van der Waals surface area contributed by atoms with Crippen LogP contribution in [0.15, 0.2) is 60.7 Å². The van der Waals surface area contributed by atoms with E-state index in [-0.39, 0.29) is 16.8 Å². The van der Waals surface area contributed by atoms with Crippen LogP contribution >= 0.6 is 0 Å². The lowest BCUT2D eigenvalue weighted by molar-refractivity contribution is 0.413. The number of hydrogen-bond donors (Lipinski definition) is 2. The van der Waals surface area contributed by atoms with Gasteiger partial charge in [-0.3, -0.25) is 0 Å². The highest BCUT2D eigenvalue weighted by molar-refractivity contribution is 5.88. The van der Waals surface area contributed by atoms with Crippen LogP contribution in [0.1, 0.15) is 58.2 Å². The monoisotopic (exact) mass is 458 g/mol. The molecule has 4 rings (SSSR count). The van der Waals surface area contributed by atoms with Crippen LogP contribution in [0.2, 0.25) is 0 Å². The molecule has 34 heavy (non-hydrogen) atoms. The van der Waals surface area contributed by atoms with Crippen molar-refractivity contribution in [3.8, 4) is 16.9 Å². The fourth-order valence-electron chi connectivity index (χ4n) is 4.81. The third-order valence-corrected chi connectivity index (χ3v) is 6.39. The van der Waals surface area contributed by atoms with Gasteiger partial charge in [-0.2, -0.15) is 0 Å². The van der Waals surface area contributed by atoms with E-state index >= 15 is 0 Å². The van der Waals surface area contributed by atoms with E-state index in [9.17, 15) is 4.39 Å². The quantitative estimate of drug-likeness (QED) is 0.406. The van der Waals surface area contributed by atoms with Crippen LogP contribution < -0.4 is 15.4 Å². The average Bonchev–Trinajstić information content (AvgIpc) is 2.76. The summed E-state index contributed by atoms with van der Waals surface area (Å²) in [5.74, 6) is 0.221. The van der Waals surface area contributed by atoms with Crippen LogP contribution in [0, 0.1) is 5.82 Å². The Balaban J connectivity index is 1.83. The van der Waals surface area contributed by atoms with E-state index < -0.39 is 0 Å². The number of halogens is 1. The van der Waals surface area contributed by atoms with Gasteiger partial charge in [-0.25, -0.2) is 4.39 Å². The highest BCUT2D eigenvalue weighted by Gasteiger charge is 2.26. The second-order valence-corrected chi connectivity index (χ2v) is 10.7. The summed E-state index contributed by atoms with van der Waals surface area (Å²) >= 11 is 0. The SMILES string of the molecule is COc1cc(F)ccc1-c1ccc2c(c1CNc1cccc(C(C)(C)C)c1)C(C)=CC(C)(C)N2. The molecule has 1 aliphatic rings. The lowest BCUT2D eigenvalue weighted by atomic mass is 9.84. The van der Waals surface area contributed by atoms with Gasteiger partial charge in [0, 0.05) is 35.1 Å². The molecule has 0 amide bonds. The number of allylic oxidation sites excluding steroid dienone is 1. The summed E-state index contributed by atoms with van der Waals surface area (Å²) in [5, 5.41) is 7.31. The number of rotatable bonds is 5. The zero-order valence-electron chi connectivity index (χ0n) is 21.3. The number of nitrogens with one attached hydrogen (secondary N) is 2. The molecule has 1 heterocycles. The van der Waals surface area contributed by atoms with Crippen molar-refractivity contribution >= 4 is 16.9 Å². The maximum Gasteiger partial charge on any atom is 0.129 e. The van der Waals surface area contributed by atoms with Crippen LogP contribution in [-0.4, -0.2) is 12.6 Å². The van der Waals surface area contributed by atoms with Gasteiger partial charge in [0.1, 0.15) is 11.6 Å². The fraction of sp³-hybridized carbons (Fsp3) is 0.333. The Hall–Kier alpha value is -3.27. The molecule has 3 nitrogen and oxygen atoms in total. The van der Waals surface area contributed by atoms with Crippen molar-refractivity contribution < 1.29 is 9.13 Å². The lowest BCUT2D eigenvalue weighted by Gasteiger charge is -2.33. The van der Waals surface area contributed by atoms with Gasteiger partial charge in [-0.05, 0) is 78.8 Å². The molecule has 0 bridgehead atoms. The summed E-state index contributed by atoms with van der Waals surface area (Å²) < 4.78 is 19.5. The van der Waals surface area contributed by atoms with E-state index in [1.165, 1.54) is 28.8 Å². The van der Waals surface area contributed by atoms with Crippen molar-refractivity contribution in [2.45, 2.75) is 59.0 Å². The minimum atomic E-state index is -0.309. The molecule has 3 aromatic rings. The predicted octanol–water partition coefficient (Wildman–Crippen LogP) is 8.02. The number of methoxy groups -OCH3 is 1. The molecule has 0 atom stereocenters. The third kappa shape index (κ3) is 4.82. The first-order chi connectivity index (χ1) is 16.0. The molecule has 3 aromatic carbocycles. The Kier molecular flexibility index (Phi) is 6.20. The predicted molar refractivity (Wildman–Crippen MR) is 142 cm³/mol. The van der Waals surface area contributed by atoms with E-state index in [1.54, 1.807) is 13.2 Å². The van der Waals surface area contributed by atoms with Gasteiger partial charge in [0.25, 0.3) is 0 Å². The molecule has 0 aliphatic carbocycles. The van der Waals surface area contributed by atoms with Crippen molar-refractivity contribution in [2.24, 2.45) is 0 Å². The van der Waals surface area contributed by atoms with Crippen LogP contribution in [-0.2, 0) is 12.0 Å². The Morgan fingerprint density at radius 3 is 2.44 bits per heavy atom. The van der Waals surface area contributed by atoms with E-state index in [0.29, 0.717) is 12.3 Å². The molecule has 2 N–H and O–H groups in total. The number of hydrogen-bond acceptors (Lipinski definition) is 3. The van der Waals surface area contributed by atoms with Crippen molar-refractivity contribution in [2.75, 3.05) is 17.7 Å². The normalized spacial score (nSPS) is 14.6. The molecule has 0 saturated heterocycles. The smallest absolute Gasteiger partial charge is 0.129 e. The summed E-state index contributed by atoms with van der Waals surface area (Å²) in [6.07, 6.45) is 2.27. The molecule has 178 valence electrons. The van der Waals surface area contributed by atoms with Gasteiger partial charge in [-0.15, -0.1) is 0 Å². The van der Waals surface area contributed by atoms with E-state index in [0.717, 1.165) is 28.1 Å². The van der Waals surface area contributed by atoms with E-state index in [1.807, 2.05) is 0 Å². The molecule has 0 unspecified atom stereocenters. The van der Waals surface area contributed by atoms with Crippen molar-refractivity contribution in [1.29, 1.82) is 0 Å². The van der Waals surface area contributed by atoms with E-state index in [2.05, 4.69) is 94.7 Å². The highest BCUT2D eigenvalue weighted by atomic mass is 19.1. The van der Waals surface area contributed by atoms with Gasteiger partial charge >= 0.3 is 0 Å². The molecular weight excluding hydrogens is 423 g/mol. The maximum atomic E-state index is 14.0. The van der Waals surface area contributed by atoms with Gasteiger partial charge in [0.15, 0.2) is 0 Å².